The highest BCUT2D eigenvalue weighted by atomic mass is 32.2. The molecule has 1 aliphatic heterocycles. The summed E-state index contributed by atoms with van der Waals surface area (Å²) in [5, 5.41) is 3.33. The van der Waals surface area contributed by atoms with E-state index in [1.54, 1.807) is 0 Å². The summed E-state index contributed by atoms with van der Waals surface area (Å²) >= 11 is 0. The fourth-order valence-electron chi connectivity index (χ4n) is 1.69. The van der Waals surface area contributed by atoms with Gasteiger partial charge in [0.15, 0.2) is 0 Å². The number of hydrogen-bond acceptors (Lipinski definition) is 3. The second kappa shape index (κ2) is 4.39. The van der Waals surface area contributed by atoms with Gasteiger partial charge in [0, 0.05) is 12.6 Å². The fraction of sp³-hybridized carbons (Fsp3) is 1.00. The first-order valence-corrected chi connectivity index (χ1v) is 6.54. The van der Waals surface area contributed by atoms with E-state index in [1.807, 2.05) is 0 Å². The molecular formula is C8H18N2O2S. The van der Waals surface area contributed by atoms with Gasteiger partial charge in [-0.05, 0) is 32.2 Å². The quantitative estimate of drug-likeness (QED) is 0.679. The Bertz CT molecular complexity index is 251. The molecule has 0 bridgehead atoms. The molecule has 0 saturated carbocycles. The molecule has 1 rings (SSSR count). The summed E-state index contributed by atoms with van der Waals surface area (Å²) < 4.78 is 24.2. The first-order chi connectivity index (χ1) is 5.97. The van der Waals surface area contributed by atoms with E-state index in [9.17, 15) is 8.42 Å². The van der Waals surface area contributed by atoms with Crippen molar-refractivity contribution in [1.29, 1.82) is 0 Å². The molecule has 13 heavy (non-hydrogen) atoms. The van der Waals surface area contributed by atoms with Gasteiger partial charge < -0.3 is 5.32 Å². The van der Waals surface area contributed by atoms with Crippen LogP contribution in [-0.2, 0) is 10.0 Å². The van der Waals surface area contributed by atoms with Crippen LogP contribution in [0.4, 0.5) is 0 Å². The van der Waals surface area contributed by atoms with Crippen LogP contribution in [0, 0.1) is 5.92 Å². The molecule has 78 valence electrons. The topological polar surface area (TPSA) is 58.2 Å². The van der Waals surface area contributed by atoms with Crippen molar-refractivity contribution in [3.8, 4) is 0 Å². The van der Waals surface area contributed by atoms with Crippen LogP contribution in [0.1, 0.15) is 19.8 Å². The molecule has 0 spiro atoms. The predicted octanol–water partition coefficient (Wildman–Crippen LogP) is -0.0763. The summed E-state index contributed by atoms with van der Waals surface area (Å²) in [5.74, 6) is 0.492. The van der Waals surface area contributed by atoms with Gasteiger partial charge in [-0.2, -0.15) is 0 Å². The molecule has 0 aromatic heterocycles. The lowest BCUT2D eigenvalue weighted by molar-refractivity contribution is 0.315. The lowest BCUT2D eigenvalue weighted by Crippen LogP contribution is -2.40. The summed E-state index contributed by atoms with van der Waals surface area (Å²) in [7, 11) is -3.01. The molecule has 5 heteroatoms. The summed E-state index contributed by atoms with van der Waals surface area (Å²) in [5.41, 5.74) is 0. The van der Waals surface area contributed by atoms with E-state index >= 15 is 0 Å². The van der Waals surface area contributed by atoms with Crippen LogP contribution in [0.2, 0.25) is 0 Å². The average Bonchev–Trinajstić information content (AvgIpc) is 2.00. The second-order valence-corrected chi connectivity index (χ2v) is 5.70. The molecule has 1 heterocycles. The molecule has 0 aromatic rings. The second-order valence-electron chi connectivity index (χ2n) is 3.87. The minimum Gasteiger partial charge on any atom is -0.314 e. The maximum Gasteiger partial charge on any atom is 0.208 e. The van der Waals surface area contributed by atoms with Crippen LogP contribution in [0.3, 0.4) is 0 Å². The highest BCUT2D eigenvalue weighted by Gasteiger charge is 2.18. The monoisotopic (exact) mass is 206 g/mol. The largest absolute Gasteiger partial charge is 0.314 e. The van der Waals surface area contributed by atoms with Crippen LogP contribution in [0.15, 0.2) is 0 Å². The Kier molecular flexibility index (Phi) is 3.70. The molecule has 2 N–H and O–H groups in total. The number of nitrogens with one attached hydrogen (secondary N) is 2. The lowest BCUT2D eigenvalue weighted by atomic mass is 9.94. The normalized spacial score (nSPS) is 30.3. The third kappa shape index (κ3) is 4.59. The SMILES string of the molecule is CC1CC(CNS(C)(=O)=O)CCN1. The standard InChI is InChI=1S/C8H18N2O2S/c1-7-5-8(3-4-9-7)6-10-13(2,11)12/h7-10H,3-6H2,1-2H3. The van der Waals surface area contributed by atoms with Crippen molar-refractivity contribution in [1.82, 2.24) is 10.0 Å². The van der Waals surface area contributed by atoms with E-state index in [0.717, 1.165) is 19.4 Å². The Balaban J connectivity index is 2.29. The number of piperidine rings is 1. The maximum atomic E-state index is 10.8. The zero-order valence-electron chi connectivity index (χ0n) is 8.21. The van der Waals surface area contributed by atoms with Gasteiger partial charge in [-0.25, -0.2) is 13.1 Å². The van der Waals surface area contributed by atoms with Gasteiger partial charge in [-0.1, -0.05) is 0 Å². The van der Waals surface area contributed by atoms with Crippen LogP contribution in [0.5, 0.6) is 0 Å². The lowest BCUT2D eigenvalue weighted by Gasteiger charge is -2.27. The van der Waals surface area contributed by atoms with Crippen molar-refractivity contribution in [3.63, 3.8) is 0 Å². The summed E-state index contributed by atoms with van der Waals surface area (Å²) in [6.45, 7) is 3.72. The summed E-state index contributed by atoms with van der Waals surface area (Å²) in [4.78, 5) is 0. The van der Waals surface area contributed by atoms with Gasteiger partial charge in [0.25, 0.3) is 0 Å². The highest BCUT2D eigenvalue weighted by molar-refractivity contribution is 7.88. The molecule has 1 fully saturated rings. The van der Waals surface area contributed by atoms with E-state index in [-0.39, 0.29) is 0 Å². The van der Waals surface area contributed by atoms with E-state index in [4.69, 9.17) is 0 Å². The van der Waals surface area contributed by atoms with E-state index in [0.29, 0.717) is 18.5 Å². The smallest absolute Gasteiger partial charge is 0.208 e. The number of rotatable bonds is 3. The number of sulfonamides is 1. The molecule has 2 atom stereocenters. The first-order valence-electron chi connectivity index (χ1n) is 4.65. The van der Waals surface area contributed by atoms with E-state index < -0.39 is 10.0 Å². The van der Waals surface area contributed by atoms with Gasteiger partial charge in [0.1, 0.15) is 0 Å². The first kappa shape index (κ1) is 10.9. The highest BCUT2D eigenvalue weighted by Crippen LogP contribution is 2.14. The molecule has 2 unspecified atom stereocenters. The summed E-state index contributed by atoms with van der Waals surface area (Å²) in [6, 6.07) is 0.514. The zero-order chi connectivity index (χ0) is 9.90. The predicted molar refractivity (Wildman–Crippen MR) is 53.0 cm³/mol. The molecule has 0 aromatic carbocycles. The Morgan fingerprint density at radius 2 is 2.23 bits per heavy atom. The Labute approximate surface area is 80.1 Å². The summed E-state index contributed by atoms with van der Waals surface area (Å²) in [6.07, 6.45) is 3.33. The minimum absolute atomic E-state index is 0.492. The van der Waals surface area contributed by atoms with E-state index in [2.05, 4.69) is 17.0 Å². The van der Waals surface area contributed by atoms with Gasteiger partial charge in [-0.3, -0.25) is 0 Å². The average molecular weight is 206 g/mol. The van der Waals surface area contributed by atoms with Crippen LogP contribution < -0.4 is 10.0 Å². The van der Waals surface area contributed by atoms with E-state index in [1.165, 1.54) is 6.26 Å². The van der Waals surface area contributed by atoms with Gasteiger partial charge in [-0.15, -0.1) is 0 Å². The molecule has 1 saturated heterocycles. The molecule has 0 aliphatic carbocycles. The fourth-order valence-corrected chi connectivity index (χ4v) is 2.23. The third-order valence-corrected chi connectivity index (χ3v) is 3.06. The Morgan fingerprint density at radius 1 is 1.54 bits per heavy atom. The van der Waals surface area contributed by atoms with Gasteiger partial charge in [0.2, 0.25) is 10.0 Å². The van der Waals surface area contributed by atoms with Gasteiger partial charge in [0.05, 0.1) is 6.26 Å². The van der Waals surface area contributed by atoms with Crippen molar-refractivity contribution in [2.45, 2.75) is 25.8 Å². The van der Waals surface area contributed by atoms with Crippen molar-refractivity contribution < 1.29 is 8.42 Å². The van der Waals surface area contributed by atoms with Gasteiger partial charge >= 0.3 is 0 Å². The van der Waals surface area contributed by atoms with Crippen LogP contribution >= 0.6 is 0 Å². The van der Waals surface area contributed by atoms with Crippen molar-refractivity contribution >= 4 is 10.0 Å². The molecular weight excluding hydrogens is 188 g/mol. The third-order valence-electron chi connectivity index (χ3n) is 2.37. The van der Waals surface area contributed by atoms with Crippen molar-refractivity contribution in [2.75, 3.05) is 19.3 Å². The van der Waals surface area contributed by atoms with Crippen LogP contribution in [0.25, 0.3) is 0 Å². The Hall–Kier alpha value is -0.130. The minimum atomic E-state index is -3.01. The molecule has 1 aliphatic rings. The maximum absolute atomic E-state index is 10.8. The molecule has 0 radical (unpaired) electrons. The van der Waals surface area contributed by atoms with Crippen molar-refractivity contribution in [2.24, 2.45) is 5.92 Å². The van der Waals surface area contributed by atoms with Crippen molar-refractivity contribution in [3.05, 3.63) is 0 Å². The van der Waals surface area contributed by atoms with Crippen LogP contribution in [-0.4, -0.2) is 33.8 Å². The Morgan fingerprint density at radius 3 is 2.77 bits per heavy atom. The molecule has 4 nitrogen and oxygen atoms in total. The number of hydrogen-bond donors (Lipinski definition) is 2. The molecule has 0 amide bonds. The zero-order valence-corrected chi connectivity index (χ0v) is 9.02.